The Morgan fingerprint density at radius 3 is 1.81 bits per heavy atom. The maximum Gasteiger partial charge on any atom is 0.0471 e. The van der Waals surface area contributed by atoms with Crippen molar-refractivity contribution in [1.82, 2.24) is 0 Å². The lowest BCUT2D eigenvalue weighted by atomic mass is 9.94. The van der Waals surface area contributed by atoms with E-state index >= 15 is 0 Å². The molecule has 2 aliphatic heterocycles. The number of nitrogens with zero attached hydrogens (tertiary/aromatic N) is 1. The Hall–Kier alpha value is -6.92. The molecule has 11 rings (SSSR count). The van der Waals surface area contributed by atoms with Crippen molar-refractivity contribution < 1.29 is 0 Å². The van der Waals surface area contributed by atoms with E-state index in [-0.39, 0.29) is 0 Å². The summed E-state index contributed by atoms with van der Waals surface area (Å²) in [5.41, 5.74) is 12.6. The van der Waals surface area contributed by atoms with Crippen molar-refractivity contribution in [3.63, 3.8) is 0 Å². The van der Waals surface area contributed by atoms with E-state index in [9.17, 15) is 0 Å². The molecule has 4 unspecified atom stereocenters. The van der Waals surface area contributed by atoms with Gasteiger partial charge in [0.1, 0.15) is 0 Å². The van der Waals surface area contributed by atoms with Crippen LogP contribution in [0.1, 0.15) is 132 Å². The lowest BCUT2D eigenvalue weighted by molar-refractivity contribution is 0.970. The highest BCUT2D eigenvalue weighted by atomic mass is 32.3. The third-order valence-electron chi connectivity index (χ3n) is 14.6. The van der Waals surface area contributed by atoms with Crippen LogP contribution in [0.3, 0.4) is 0 Å². The summed E-state index contributed by atoms with van der Waals surface area (Å²) in [4.78, 5) is 4.08. The maximum absolute atomic E-state index is 4.24. The molecule has 4 aliphatic rings. The Morgan fingerprint density at radius 1 is 0.679 bits per heavy atom. The highest BCUT2D eigenvalue weighted by Crippen LogP contribution is 2.72. The lowest BCUT2D eigenvalue weighted by Gasteiger charge is -2.57. The number of rotatable bonds is 16. The number of para-hydroxylation sites is 2. The number of hydrogen-bond donors (Lipinski definition) is 0. The third-order valence-corrected chi connectivity index (χ3v) is 22.9. The van der Waals surface area contributed by atoms with Crippen LogP contribution in [0.15, 0.2) is 271 Å². The van der Waals surface area contributed by atoms with Crippen LogP contribution in [0, 0.1) is 0 Å². The van der Waals surface area contributed by atoms with Gasteiger partial charge >= 0.3 is 0 Å². The first kappa shape index (κ1) is 67.9. The SMILES string of the molecule is C=C/C=C(\C=C/C)Pc1cc(C2=CC=C3CC2S3(C)CC)ccc1/C(C)=C/C=C(C=C)/C=C/c1ccc2c3ccc(N(c4ccccc4)c4ccccc4)cc3p(C3=CC=CCC3)c2c1.CC.CC.CCC.CCC=C(C)C.c1ccccc1. The normalized spacial score (nSPS) is 17.2. The van der Waals surface area contributed by atoms with E-state index in [0.717, 1.165) is 29.8 Å². The molecule has 0 amide bonds. The molecule has 4 atom stereocenters. The van der Waals surface area contributed by atoms with E-state index in [4.69, 9.17) is 0 Å². The van der Waals surface area contributed by atoms with E-state index < -0.39 is 17.6 Å². The van der Waals surface area contributed by atoms with Crippen molar-refractivity contribution in [1.29, 1.82) is 0 Å². The predicted molar refractivity (Wildman–Crippen MR) is 393 cm³/mol. The van der Waals surface area contributed by atoms with Crippen LogP contribution in [0.5, 0.6) is 0 Å². The van der Waals surface area contributed by atoms with Gasteiger partial charge in [-0.2, -0.15) is 0 Å². The molecule has 7 aromatic rings. The second-order valence-electron chi connectivity index (χ2n) is 20.7. The average molecular weight is 1170 g/mol. The molecule has 4 heteroatoms. The van der Waals surface area contributed by atoms with Crippen molar-refractivity contribution in [2.24, 2.45) is 0 Å². The summed E-state index contributed by atoms with van der Waals surface area (Å²) < 4.78 is 0. The fourth-order valence-corrected chi connectivity index (χ4v) is 17.8. The number of benzene rings is 6. The molecule has 3 heterocycles. The number of fused-ring (bicyclic) bond motifs is 4. The van der Waals surface area contributed by atoms with Crippen molar-refractivity contribution in [3.05, 3.63) is 288 Å². The monoisotopic (exact) mass is 1170 g/mol. The van der Waals surface area contributed by atoms with Gasteiger partial charge in [0, 0.05) is 32.5 Å². The van der Waals surface area contributed by atoms with Gasteiger partial charge in [0.05, 0.1) is 0 Å². The molecule has 0 radical (unpaired) electrons. The Morgan fingerprint density at radius 2 is 1.29 bits per heavy atom. The number of hydrogen-bond acceptors (Lipinski definition) is 1. The molecular weight excluding hydrogens is 1070 g/mol. The molecule has 0 N–H and O–H groups in total. The van der Waals surface area contributed by atoms with E-state index in [0.29, 0.717) is 13.8 Å². The smallest absolute Gasteiger partial charge is 0.0471 e. The molecule has 1 saturated heterocycles. The van der Waals surface area contributed by atoms with Gasteiger partial charge in [-0.1, -0.05) is 291 Å². The van der Waals surface area contributed by atoms with E-state index in [2.05, 4.69) is 274 Å². The molecule has 2 bridgehead atoms. The molecule has 0 spiro atoms. The zero-order valence-corrected chi connectivity index (χ0v) is 55.8. The van der Waals surface area contributed by atoms with Gasteiger partial charge in [0.2, 0.25) is 0 Å². The van der Waals surface area contributed by atoms with Crippen LogP contribution >= 0.6 is 26.1 Å². The summed E-state index contributed by atoms with van der Waals surface area (Å²) in [5, 5.41) is 10.5. The Labute approximate surface area is 514 Å². The van der Waals surface area contributed by atoms with Gasteiger partial charge in [0.15, 0.2) is 0 Å². The van der Waals surface area contributed by atoms with Crippen molar-refractivity contribution in [2.45, 2.75) is 120 Å². The van der Waals surface area contributed by atoms with Gasteiger partial charge in [-0.25, -0.2) is 10.0 Å². The van der Waals surface area contributed by atoms with Crippen molar-refractivity contribution in [3.8, 4) is 0 Å². The quantitative estimate of drug-likeness (QED) is 0.0530. The minimum Gasteiger partial charge on any atom is -0.310 e. The largest absolute Gasteiger partial charge is 0.310 e. The van der Waals surface area contributed by atoms with Crippen LogP contribution < -0.4 is 10.2 Å². The van der Waals surface area contributed by atoms with Gasteiger partial charge in [0.25, 0.3) is 0 Å². The van der Waals surface area contributed by atoms with Crippen LogP contribution in [-0.4, -0.2) is 17.3 Å². The minimum absolute atomic E-state index is 0.520. The molecule has 1 fully saturated rings. The first-order chi connectivity index (χ1) is 41.0. The fraction of sp³-hybridized carbons (Fsp3) is 0.250. The molecule has 6 aromatic carbocycles. The zero-order chi connectivity index (χ0) is 60.9. The molecular formula is C80H97NP2S. The van der Waals surface area contributed by atoms with Gasteiger partial charge in [-0.05, 0) is 179 Å². The molecule has 438 valence electrons. The zero-order valence-electron chi connectivity index (χ0n) is 53.1. The van der Waals surface area contributed by atoms with Crippen LogP contribution in [-0.2, 0) is 0 Å². The van der Waals surface area contributed by atoms with E-state index in [1.165, 1.54) is 101 Å². The maximum atomic E-state index is 4.24. The van der Waals surface area contributed by atoms with Gasteiger partial charge < -0.3 is 4.90 Å². The molecule has 2 aliphatic carbocycles. The summed E-state index contributed by atoms with van der Waals surface area (Å²) in [7, 11) is -0.892. The van der Waals surface area contributed by atoms with Crippen molar-refractivity contribution >= 4 is 92.1 Å². The van der Waals surface area contributed by atoms with E-state index in [1.54, 1.807) is 4.91 Å². The molecule has 0 saturated carbocycles. The fourth-order valence-electron chi connectivity index (χ4n) is 10.4. The summed E-state index contributed by atoms with van der Waals surface area (Å²) >= 11 is 0. The Kier molecular flexibility index (Phi) is 29.1. The van der Waals surface area contributed by atoms with Gasteiger partial charge in [-0.15, -0.1) is 0 Å². The molecule has 84 heavy (non-hydrogen) atoms. The summed E-state index contributed by atoms with van der Waals surface area (Å²) in [6, 6.07) is 54.9. The number of allylic oxidation sites excluding steroid dienone is 20. The van der Waals surface area contributed by atoms with Crippen LogP contribution in [0.25, 0.3) is 43.5 Å². The van der Waals surface area contributed by atoms with E-state index in [1.807, 2.05) is 76.2 Å². The van der Waals surface area contributed by atoms with Crippen LogP contribution in [0.2, 0.25) is 0 Å². The summed E-state index contributed by atoms with van der Waals surface area (Å²) in [5.74, 6) is 1.26. The minimum atomic E-state index is -0.711. The standard InChI is InChI=1S/C61H59NP2S.C6H6.C6H12.C3H8.2C2H6/c1-7-20-51(21-8-2)63-58-41-47(55-39-35-53-43-61(55)65(53,6)10-4)33-37-54(58)44(5)28-29-45(9-3)30-31-46-32-36-56-57-38-34-50(42-60(57)64(59(56)40-46)52-26-18-13-19-27-52)62(48-22-14-11-15-23-48)49-24-16-12-17-25-49;1-2-4-6-5-3-1;1-4-5-6(2)3;1-3-2;2*1-2/h7-9,11-18,20-26,28-42,61,63H,1,3,10,19,27,43H2,2,4-6H3;1-6H;5H,4H2,1-3H3;3H2,1-2H3;2*1-2H3/b21-8-,31-30+,44-28+,45-29+,51-20+;;;;;. The highest BCUT2D eigenvalue weighted by molar-refractivity contribution is 8.38. The molecule has 1 aromatic heterocycles. The molecule has 1 nitrogen and oxygen atoms in total. The highest BCUT2D eigenvalue weighted by Gasteiger charge is 2.45. The summed E-state index contributed by atoms with van der Waals surface area (Å²) in [6.45, 7) is 33.6. The Balaban J connectivity index is 0.000000591. The number of anilines is 3. The lowest BCUT2D eigenvalue weighted by Crippen LogP contribution is -2.35. The van der Waals surface area contributed by atoms with Crippen molar-refractivity contribution in [2.75, 3.05) is 16.9 Å². The van der Waals surface area contributed by atoms with Crippen LogP contribution in [0.4, 0.5) is 17.1 Å². The van der Waals surface area contributed by atoms with Gasteiger partial charge in [-0.3, -0.25) is 0 Å². The predicted octanol–water partition coefficient (Wildman–Crippen LogP) is 25.8. The third kappa shape index (κ3) is 18.1. The Bertz CT molecular complexity index is 3460. The topological polar surface area (TPSA) is 3.24 Å². The first-order valence-electron chi connectivity index (χ1n) is 30.7. The average Bonchev–Trinajstić information content (AvgIpc) is 1.24. The second-order valence-corrected chi connectivity index (χ2v) is 28.2. The first-order valence-corrected chi connectivity index (χ1v) is 35.3. The second kappa shape index (κ2) is 36.0. The summed E-state index contributed by atoms with van der Waals surface area (Å²) in [6.07, 6.45) is 41.7.